The molecular formula is C14H15N5O2. The molecule has 0 aliphatic rings. The van der Waals surface area contributed by atoms with Crippen molar-refractivity contribution in [1.29, 1.82) is 0 Å². The lowest BCUT2D eigenvalue weighted by molar-refractivity contribution is 0.102. The van der Waals surface area contributed by atoms with Crippen LogP contribution in [-0.4, -0.2) is 16.9 Å². The van der Waals surface area contributed by atoms with Crippen molar-refractivity contribution in [1.82, 2.24) is 4.98 Å². The molecular weight excluding hydrogens is 270 g/mol. The lowest BCUT2D eigenvalue weighted by atomic mass is 10.2. The van der Waals surface area contributed by atoms with Crippen molar-refractivity contribution in [3.8, 4) is 0 Å². The molecule has 1 heterocycles. The van der Waals surface area contributed by atoms with Crippen LogP contribution >= 0.6 is 0 Å². The summed E-state index contributed by atoms with van der Waals surface area (Å²) in [5, 5.41) is 5.17. The highest BCUT2D eigenvalue weighted by molar-refractivity contribution is 6.04. The number of nitrogens with two attached hydrogens (primary N) is 2. The number of nitrogens with zero attached hydrogens (tertiary/aromatic N) is 1. The van der Waals surface area contributed by atoms with Gasteiger partial charge in [0.15, 0.2) is 0 Å². The van der Waals surface area contributed by atoms with Gasteiger partial charge in [0.05, 0.1) is 5.69 Å². The number of carbonyl (C=O) groups is 2. The van der Waals surface area contributed by atoms with Crippen molar-refractivity contribution in [3.05, 3.63) is 53.9 Å². The van der Waals surface area contributed by atoms with Gasteiger partial charge in [0.25, 0.3) is 5.91 Å². The molecule has 6 N–H and O–H groups in total. The number of anilines is 2. The third kappa shape index (κ3) is 4.02. The van der Waals surface area contributed by atoms with Gasteiger partial charge in [0.1, 0.15) is 0 Å². The van der Waals surface area contributed by atoms with Crippen molar-refractivity contribution in [2.45, 2.75) is 6.54 Å². The van der Waals surface area contributed by atoms with E-state index in [1.807, 2.05) is 0 Å². The lowest BCUT2D eigenvalue weighted by Crippen LogP contribution is -2.19. The summed E-state index contributed by atoms with van der Waals surface area (Å²) >= 11 is 0. The molecule has 21 heavy (non-hydrogen) atoms. The van der Waals surface area contributed by atoms with E-state index in [1.165, 1.54) is 6.20 Å². The number of pyridine rings is 1. The average Bonchev–Trinajstić information content (AvgIpc) is 2.49. The highest BCUT2D eigenvalue weighted by atomic mass is 16.2. The fraction of sp³-hybridized carbons (Fsp3) is 0.0714. The van der Waals surface area contributed by atoms with Crippen LogP contribution in [0.2, 0.25) is 0 Å². The minimum absolute atomic E-state index is 0.261. The molecule has 0 radical (unpaired) electrons. The number of hydrogen-bond donors (Lipinski definition) is 4. The standard InChI is InChI=1S/C14H15N5O2/c15-8-12-7-9(5-6-17-12)13(20)18-10-1-3-11(4-2-10)19-14(16)21/h1-7H,8,15H2,(H,18,20)(H3,16,19,21). The van der Waals surface area contributed by atoms with Crippen LogP contribution in [0.3, 0.4) is 0 Å². The molecule has 2 rings (SSSR count). The summed E-state index contributed by atoms with van der Waals surface area (Å²) in [6.07, 6.45) is 1.54. The minimum atomic E-state index is -0.641. The molecule has 0 fully saturated rings. The first kappa shape index (κ1) is 14.5. The van der Waals surface area contributed by atoms with Crippen LogP contribution in [0.15, 0.2) is 42.6 Å². The van der Waals surface area contributed by atoms with Gasteiger partial charge in [-0.05, 0) is 36.4 Å². The van der Waals surface area contributed by atoms with Gasteiger partial charge in [-0.15, -0.1) is 0 Å². The minimum Gasteiger partial charge on any atom is -0.351 e. The fourth-order valence-corrected chi connectivity index (χ4v) is 1.71. The molecule has 0 atom stereocenters. The van der Waals surface area contributed by atoms with Gasteiger partial charge >= 0.3 is 6.03 Å². The first-order chi connectivity index (χ1) is 10.1. The summed E-state index contributed by atoms with van der Waals surface area (Å²) < 4.78 is 0. The number of primary amides is 1. The maximum atomic E-state index is 12.1. The Morgan fingerprint density at radius 2 is 1.67 bits per heavy atom. The van der Waals surface area contributed by atoms with Gasteiger partial charge in [-0.3, -0.25) is 9.78 Å². The zero-order chi connectivity index (χ0) is 15.2. The van der Waals surface area contributed by atoms with Gasteiger partial charge in [-0.2, -0.15) is 0 Å². The summed E-state index contributed by atoms with van der Waals surface area (Å²) in [6.45, 7) is 0.272. The predicted molar refractivity (Wildman–Crippen MR) is 79.7 cm³/mol. The summed E-state index contributed by atoms with van der Waals surface area (Å²) in [7, 11) is 0. The molecule has 0 saturated carbocycles. The maximum absolute atomic E-state index is 12.1. The Kier molecular flexibility index (Phi) is 4.47. The third-order valence-electron chi connectivity index (χ3n) is 2.70. The second-order valence-corrected chi connectivity index (χ2v) is 4.26. The molecule has 0 spiro atoms. The molecule has 108 valence electrons. The number of rotatable bonds is 4. The Hall–Kier alpha value is -2.93. The Balaban J connectivity index is 2.06. The normalized spacial score (nSPS) is 9.95. The quantitative estimate of drug-likeness (QED) is 0.675. The van der Waals surface area contributed by atoms with E-state index in [4.69, 9.17) is 11.5 Å². The number of urea groups is 1. The average molecular weight is 285 g/mol. The molecule has 7 heteroatoms. The van der Waals surface area contributed by atoms with Crippen LogP contribution in [0.4, 0.5) is 16.2 Å². The maximum Gasteiger partial charge on any atom is 0.316 e. The number of carbonyl (C=O) groups excluding carboxylic acids is 2. The molecule has 3 amide bonds. The second-order valence-electron chi connectivity index (χ2n) is 4.26. The Morgan fingerprint density at radius 1 is 1.05 bits per heavy atom. The van der Waals surface area contributed by atoms with Gasteiger partial charge in [-0.25, -0.2) is 4.79 Å². The van der Waals surface area contributed by atoms with Crippen LogP contribution in [0.5, 0.6) is 0 Å². The monoisotopic (exact) mass is 285 g/mol. The highest BCUT2D eigenvalue weighted by Crippen LogP contribution is 2.14. The predicted octanol–water partition coefficient (Wildman–Crippen LogP) is 1.28. The smallest absolute Gasteiger partial charge is 0.316 e. The molecule has 2 aromatic rings. The summed E-state index contributed by atoms with van der Waals surface area (Å²) in [5.41, 5.74) is 12.8. The van der Waals surface area contributed by atoms with E-state index < -0.39 is 6.03 Å². The molecule has 0 aliphatic heterocycles. The van der Waals surface area contributed by atoms with Gasteiger partial charge in [-0.1, -0.05) is 0 Å². The van der Waals surface area contributed by atoms with Crippen LogP contribution < -0.4 is 22.1 Å². The Bertz CT molecular complexity index is 655. The van der Waals surface area contributed by atoms with Gasteiger partial charge in [0, 0.05) is 29.7 Å². The molecule has 7 nitrogen and oxygen atoms in total. The third-order valence-corrected chi connectivity index (χ3v) is 2.70. The summed E-state index contributed by atoms with van der Waals surface area (Å²) in [5.74, 6) is -0.261. The van der Waals surface area contributed by atoms with Crippen LogP contribution in [0, 0.1) is 0 Å². The molecule has 0 saturated heterocycles. The number of aromatic nitrogens is 1. The molecule has 0 bridgehead atoms. The Labute approximate surface area is 121 Å². The van der Waals surface area contributed by atoms with E-state index >= 15 is 0 Å². The molecule has 1 aromatic heterocycles. The van der Waals surface area contributed by atoms with Crippen molar-refractivity contribution >= 4 is 23.3 Å². The van der Waals surface area contributed by atoms with Crippen molar-refractivity contribution in [3.63, 3.8) is 0 Å². The summed E-state index contributed by atoms with van der Waals surface area (Å²) in [6, 6.07) is 9.20. The van der Waals surface area contributed by atoms with Crippen molar-refractivity contribution < 1.29 is 9.59 Å². The fourth-order valence-electron chi connectivity index (χ4n) is 1.71. The topological polar surface area (TPSA) is 123 Å². The van der Waals surface area contributed by atoms with Gasteiger partial charge in [0.2, 0.25) is 0 Å². The number of amides is 3. The number of hydrogen-bond acceptors (Lipinski definition) is 4. The van der Waals surface area contributed by atoms with Crippen molar-refractivity contribution in [2.24, 2.45) is 11.5 Å². The lowest BCUT2D eigenvalue weighted by Gasteiger charge is -2.07. The number of nitrogens with one attached hydrogen (secondary N) is 2. The Morgan fingerprint density at radius 3 is 2.24 bits per heavy atom. The number of benzene rings is 1. The molecule has 0 unspecified atom stereocenters. The van der Waals surface area contributed by atoms with E-state index in [0.29, 0.717) is 22.6 Å². The van der Waals surface area contributed by atoms with Crippen LogP contribution in [-0.2, 0) is 6.54 Å². The van der Waals surface area contributed by atoms with Crippen LogP contribution in [0.1, 0.15) is 16.1 Å². The molecule has 0 aliphatic carbocycles. The van der Waals surface area contributed by atoms with E-state index in [2.05, 4.69) is 15.6 Å². The zero-order valence-electron chi connectivity index (χ0n) is 11.2. The van der Waals surface area contributed by atoms with E-state index in [1.54, 1.807) is 36.4 Å². The second kappa shape index (κ2) is 6.49. The van der Waals surface area contributed by atoms with E-state index in [0.717, 1.165) is 0 Å². The summed E-state index contributed by atoms with van der Waals surface area (Å²) in [4.78, 5) is 26.8. The van der Waals surface area contributed by atoms with Gasteiger partial charge < -0.3 is 22.1 Å². The molecule has 1 aromatic carbocycles. The highest BCUT2D eigenvalue weighted by Gasteiger charge is 2.07. The van der Waals surface area contributed by atoms with Crippen molar-refractivity contribution in [2.75, 3.05) is 10.6 Å². The first-order valence-electron chi connectivity index (χ1n) is 6.21. The zero-order valence-corrected chi connectivity index (χ0v) is 11.2. The van der Waals surface area contributed by atoms with E-state index in [-0.39, 0.29) is 12.5 Å². The first-order valence-corrected chi connectivity index (χ1v) is 6.21. The van der Waals surface area contributed by atoms with Crippen LogP contribution in [0.25, 0.3) is 0 Å². The van der Waals surface area contributed by atoms with E-state index in [9.17, 15) is 9.59 Å². The largest absolute Gasteiger partial charge is 0.351 e. The SMILES string of the molecule is NCc1cc(C(=O)Nc2ccc(NC(N)=O)cc2)ccn1.